The van der Waals surface area contributed by atoms with E-state index >= 15 is 0 Å². The molecule has 2 N–H and O–H groups in total. The van der Waals surface area contributed by atoms with Gasteiger partial charge in [0, 0.05) is 7.05 Å². The lowest BCUT2D eigenvalue weighted by Crippen LogP contribution is -2.32. The summed E-state index contributed by atoms with van der Waals surface area (Å²) in [4.78, 5) is 10.0. The molecule has 0 bridgehead atoms. The van der Waals surface area contributed by atoms with E-state index in [0.717, 1.165) is 25.4 Å². The van der Waals surface area contributed by atoms with Crippen LogP contribution < -0.4 is 4.72 Å². The van der Waals surface area contributed by atoms with Gasteiger partial charge in [0.15, 0.2) is 0 Å². The van der Waals surface area contributed by atoms with E-state index < -0.39 is 49.0 Å². The summed E-state index contributed by atoms with van der Waals surface area (Å²) < 4.78 is 62.1. The number of aliphatic carboxylic acids is 1. The van der Waals surface area contributed by atoms with Gasteiger partial charge in [0.2, 0.25) is 20.0 Å². The molecular weight excluding hydrogens is 327 g/mol. The highest BCUT2D eigenvalue weighted by atomic mass is 32.2. The van der Waals surface area contributed by atoms with Crippen LogP contribution in [-0.2, 0) is 24.8 Å². The highest BCUT2D eigenvalue weighted by Gasteiger charge is 2.24. The van der Waals surface area contributed by atoms with Gasteiger partial charge in [-0.1, -0.05) is 0 Å². The first-order valence-corrected chi connectivity index (χ1v) is 8.72. The Balaban J connectivity index is 3.16. The van der Waals surface area contributed by atoms with E-state index in [4.69, 9.17) is 5.11 Å². The quantitative estimate of drug-likeness (QED) is 0.746. The van der Waals surface area contributed by atoms with Crippen molar-refractivity contribution in [2.75, 3.05) is 24.6 Å². The highest BCUT2D eigenvalue weighted by molar-refractivity contribution is 7.92. The molecule has 0 fully saturated rings. The minimum absolute atomic E-state index is 0.405. The van der Waals surface area contributed by atoms with Crippen molar-refractivity contribution in [3.63, 3.8) is 0 Å². The van der Waals surface area contributed by atoms with E-state index in [-0.39, 0.29) is 0 Å². The normalized spacial score (nSPS) is 12.4. The van der Waals surface area contributed by atoms with Crippen molar-refractivity contribution in [1.29, 1.82) is 0 Å². The Morgan fingerprint density at radius 3 is 2.33 bits per heavy atom. The van der Waals surface area contributed by atoms with Crippen LogP contribution >= 0.6 is 0 Å². The van der Waals surface area contributed by atoms with Gasteiger partial charge in [0.05, 0.1) is 16.8 Å². The van der Waals surface area contributed by atoms with Crippen molar-refractivity contribution < 1.29 is 31.1 Å². The predicted octanol–water partition coefficient (Wildman–Crippen LogP) is -0.0977. The number of hydrogen-bond donors (Lipinski definition) is 2. The summed E-state index contributed by atoms with van der Waals surface area (Å²) in [6, 6.07) is 2.53. The lowest BCUT2D eigenvalue weighted by molar-refractivity contribution is -0.137. The average molecular weight is 340 g/mol. The van der Waals surface area contributed by atoms with E-state index in [1.807, 2.05) is 4.72 Å². The van der Waals surface area contributed by atoms with Crippen molar-refractivity contribution in [3.05, 3.63) is 24.0 Å². The van der Waals surface area contributed by atoms with Gasteiger partial charge < -0.3 is 5.11 Å². The number of hydrogen-bond acceptors (Lipinski definition) is 5. The molecule has 0 aliphatic carbocycles. The number of benzene rings is 1. The Kier molecular flexibility index (Phi) is 4.91. The standard InChI is InChI=1S/C10H13FN2O6S2/c1-13(6-10(14)15)21(18,19)7-3-4-9(8(11)5-7)12-20(2,16)17/h3-5,12H,6H2,1-2H3,(H,14,15). The molecule has 118 valence electrons. The first-order chi connectivity index (χ1) is 9.43. The topological polar surface area (TPSA) is 121 Å². The third-order valence-electron chi connectivity index (χ3n) is 2.30. The fourth-order valence-electron chi connectivity index (χ4n) is 1.39. The molecule has 0 heterocycles. The zero-order valence-electron chi connectivity index (χ0n) is 11.1. The minimum atomic E-state index is -4.18. The Bertz CT molecular complexity index is 760. The lowest BCUT2D eigenvalue weighted by atomic mass is 10.3. The van der Waals surface area contributed by atoms with E-state index in [1.54, 1.807) is 0 Å². The molecule has 0 unspecified atom stereocenters. The average Bonchev–Trinajstić information content (AvgIpc) is 2.29. The summed E-state index contributed by atoms with van der Waals surface area (Å²) in [5, 5.41) is 8.56. The van der Waals surface area contributed by atoms with E-state index in [1.165, 1.54) is 0 Å². The molecule has 1 aromatic rings. The Morgan fingerprint density at radius 2 is 1.90 bits per heavy atom. The van der Waals surface area contributed by atoms with Crippen molar-refractivity contribution in [2.24, 2.45) is 0 Å². The second-order valence-corrected chi connectivity index (χ2v) is 7.96. The first kappa shape index (κ1) is 17.3. The van der Waals surface area contributed by atoms with Gasteiger partial charge in [-0.15, -0.1) is 0 Å². The number of sulfonamides is 2. The van der Waals surface area contributed by atoms with Crippen LogP contribution in [0.3, 0.4) is 0 Å². The number of carboxylic acids is 1. The molecule has 0 atom stereocenters. The number of halogens is 1. The zero-order valence-corrected chi connectivity index (χ0v) is 12.7. The van der Waals surface area contributed by atoms with Crippen LogP contribution in [0.15, 0.2) is 23.1 Å². The number of rotatable bonds is 6. The fraction of sp³-hybridized carbons (Fsp3) is 0.300. The molecule has 0 spiro atoms. The van der Waals surface area contributed by atoms with Gasteiger partial charge >= 0.3 is 5.97 Å². The number of nitrogens with one attached hydrogen (secondary N) is 1. The molecular formula is C10H13FN2O6S2. The molecule has 0 amide bonds. The van der Waals surface area contributed by atoms with Crippen LogP contribution in [0.4, 0.5) is 10.1 Å². The molecule has 0 aliphatic rings. The number of carbonyl (C=O) groups is 1. The third kappa shape index (κ3) is 4.65. The summed E-state index contributed by atoms with van der Waals surface area (Å²) in [6.07, 6.45) is 0.817. The molecule has 21 heavy (non-hydrogen) atoms. The van der Waals surface area contributed by atoms with Crippen molar-refractivity contribution in [1.82, 2.24) is 4.31 Å². The Hall–Kier alpha value is -1.72. The molecule has 0 saturated heterocycles. The summed E-state index contributed by atoms with van der Waals surface area (Å²) >= 11 is 0. The SMILES string of the molecule is CN(CC(=O)O)S(=O)(=O)c1ccc(NS(C)(=O)=O)c(F)c1. The molecule has 0 radical (unpaired) electrons. The largest absolute Gasteiger partial charge is 0.480 e. The minimum Gasteiger partial charge on any atom is -0.480 e. The van der Waals surface area contributed by atoms with Gasteiger partial charge in [-0.3, -0.25) is 9.52 Å². The molecule has 8 nitrogen and oxygen atoms in total. The lowest BCUT2D eigenvalue weighted by Gasteiger charge is -2.15. The van der Waals surface area contributed by atoms with Gasteiger partial charge in [-0.2, -0.15) is 4.31 Å². The van der Waals surface area contributed by atoms with Crippen LogP contribution in [0.1, 0.15) is 0 Å². The van der Waals surface area contributed by atoms with Gasteiger partial charge in [-0.05, 0) is 18.2 Å². The number of anilines is 1. The molecule has 1 rings (SSSR count). The fourth-order valence-corrected chi connectivity index (χ4v) is 3.09. The first-order valence-electron chi connectivity index (χ1n) is 5.39. The highest BCUT2D eigenvalue weighted by Crippen LogP contribution is 2.21. The molecule has 1 aromatic carbocycles. The van der Waals surface area contributed by atoms with Crippen molar-refractivity contribution in [3.8, 4) is 0 Å². The van der Waals surface area contributed by atoms with E-state index in [9.17, 15) is 26.0 Å². The molecule has 0 saturated carbocycles. The number of nitrogens with zero attached hydrogens (tertiary/aromatic N) is 1. The maximum Gasteiger partial charge on any atom is 0.318 e. The molecule has 0 aromatic heterocycles. The van der Waals surface area contributed by atoms with Gasteiger partial charge in [-0.25, -0.2) is 21.2 Å². The second-order valence-electron chi connectivity index (χ2n) is 4.17. The maximum atomic E-state index is 13.7. The van der Waals surface area contributed by atoms with Gasteiger partial charge in [0.1, 0.15) is 12.4 Å². The van der Waals surface area contributed by atoms with Crippen LogP contribution in [0.25, 0.3) is 0 Å². The van der Waals surface area contributed by atoms with Crippen LogP contribution in [0.5, 0.6) is 0 Å². The monoisotopic (exact) mass is 340 g/mol. The summed E-state index contributed by atoms with van der Waals surface area (Å²) in [7, 11) is -6.86. The van der Waals surface area contributed by atoms with Gasteiger partial charge in [0.25, 0.3) is 0 Å². The predicted molar refractivity (Wildman–Crippen MR) is 72.3 cm³/mol. The smallest absolute Gasteiger partial charge is 0.318 e. The molecule has 11 heteroatoms. The second kappa shape index (κ2) is 5.95. The van der Waals surface area contributed by atoms with Crippen molar-refractivity contribution >= 4 is 31.7 Å². The van der Waals surface area contributed by atoms with E-state index in [0.29, 0.717) is 10.4 Å². The Labute approximate surface area is 121 Å². The van der Waals surface area contributed by atoms with Crippen LogP contribution in [0.2, 0.25) is 0 Å². The molecule has 0 aliphatic heterocycles. The summed E-state index contributed by atoms with van der Waals surface area (Å²) in [5.74, 6) is -2.46. The maximum absolute atomic E-state index is 13.7. The number of likely N-dealkylation sites (N-methyl/N-ethyl adjacent to an activating group) is 1. The third-order valence-corrected chi connectivity index (χ3v) is 4.69. The zero-order chi connectivity index (χ0) is 16.4. The summed E-state index contributed by atoms with van der Waals surface area (Å²) in [5.41, 5.74) is -0.405. The Morgan fingerprint density at radius 1 is 1.33 bits per heavy atom. The number of carboxylic acid groups (broad SMARTS) is 1. The van der Waals surface area contributed by atoms with Crippen LogP contribution in [0, 0.1) is 5.82 Å². The summed E-state index contributed by atoms with van der Waals surface area (Å²) in [6.45, 7) is -0.784. The van der Waals surface area contributed by atoms with Crippen LogP contribution in [-0.4, -0.2) is 52.1 Å². The van der Waals surface area contributed by atoms with Crippen molar-refractivity contribution in [2.45, 2.75) is 4.90 Å². The van der Waals surface area contributed by atoms with E-state index in [2.05, 4.69) is 0 Å².